The van der Waals surface area contributed by atoms with E-state index >= 15 is 0 Å². The summed E-state index contributed by atoms with van der Waals surface area (Å²) in [5.74, 6) is -1.00. The number of piperidine rings is 1. The van der Waals surface area contributed by atoms with Crippen LogP contribution >= 0.6 is 11.3 Å². The van der Waals surface area contributed by atoms with Gasteiger partial charge in [0.2, 0.25) is 21.7 Å². The number of anilines is 1. The molecule has 0 spiro atoms. The van der Waals surface area contributed by atoms with E-state index in [-0.39, 0.29) is 23.1 Å². The maximum Gasteiger partial charge on any atom is 0.243 e. The lowest BCUT2D eigenvalue weighted by atomic mass is 9.99. The molecule has 0 bridgehead atoms. The van der Waals surface area contributed by atoms with Crippen molar-refractivity contribution in [1.82, 2.24) is 9.29 Å². The zero-order valence-electron chi connectivity index (χ0n) is 19.9. The molecule has 1 amide bonds. The number of amides is 1. The highest BCUT2D eigenvalue weighted by Crippen LogP contribution is 2.34. The molecular formula is C28H25N3O4S2. The van der Waals surface area contributed by atoms with Gasteiger partial charge in [-0.1, -0.05) is 90.2 Å². The van der Waals surface area contributed by atoms with Gasteiger partial charge in [-0.05, 0) is 25.0 Å². The minimum atomic E-state index is -3.69. The lowest BCUT2D eigenvalue weighted by molar-refractivity contribution is -0.120. The summed E-state index contributed by atoms with van der Waals surface area (Å²) in [5.41, 5.74) is 1.82. The maximum atomic E-state index is 13.3. The maximum absolute atomic E-state index is 13.3. The Morgan fingerprint density at radius 3 is 2.19 bits per heavy atom. The van der Waals surface area contributed by atoms with E-state index in [1.165, 1.54) is 4.31 Å². The van der Waals surface area contributed by atoms with Gasteiger partial charge >= 0.3 is 0 Å². The third-order valence-electron chi connectivity index (χ3n) is 6.28. The van der Waals surface area contributed by atoms with Crippen LogP contribution in [-0.4, -0.2) is 42.5 Å². The molecular weight excluding hydrogens is 506 g/mol. The molecule has 1 aliphatic heterocycles. The molecule has 1 unspecified atom stereocenters. The molecule has 1 fully saturated rings. The summed E-state index contributed by atoms with van der Waals surface area (Å²) in [7, 11) is -3.69. The zero-order valence-corrected chi connectivity index (χ0v) is 21.5. The molecule has 4 aromatic rings. The van der Waals surface area contributed by atoms with E-state index < -0.39 is 15.9 Å². The molecule has 9 heteroatoms. The first-order valence-electron chi connectivity index (χ1n) is 12.0. The SMILES string of the molecule is O=C(c1ccccc1)c1sc(NC(=O)C2CCCN(S(=O)(=O)c3ccccc3)C2)nc1-c1ccccc1. The first-order valence-corrected chi connectivity index (χ1v) is 14.2. The second-order valence-electron chi connectivity index (χ2n) is 8.76. The molecule has 1 saturated heterocycles. The van der Waals surface area contributed by atoms with Crippen LogP contribution in [-0.2, 0) is 14.8 Å². The predicted octanol–water partition coefficient (Wildman–Crippen LogP) is 5.08. The largest absolute Gasteiger partial charge is 0.302 e. The van der Waals surface area contributed by atoms with E-state index in [0.29, 0.717) is 40.7 Å². The van der Waals surface area contributed by atoms with E-state index in [1.807, 2.05) is 36.4 Å². The molecule has 0 aliphatic carbocycles. The van der Waals surface area contributed by atoms with Crippen molar-refractivity contribution in [2.24, 2.45) is 5.92 Å². The summed E-state index contributed by atoms with van der Waals surface area (Å²) in [4.78, 5) is 31.8. The van der Waals surface area contributed by atoms with Crippen LogP contribution in [0.1, 0.15) is 28.1 Å². The summed E-state index contributed by atoms with van der Waals surface area (Å²) in [6, 6.07) is 26.6. The van der Waals surface area contributed by atoms with Gasteiger partial charge in [0.1, 0.15) is 4.88 Å². The second-order valence-corrected chi connectivity index (χ2v) is 11.7. The third-order valence-corrected chi connectivity index (χ3v) is 9.13. The van der Waals surface area contributed by atoms with Crippen LogP contribution in [0.4, 0.5) is 5.13 Å². The van der Waals surface area contributed by atoms with Crippen LogP contribution in [0.5, 0.6) is 0 Å². The second kappa shape index (κ2) is 10.8. The minimum Gasteiger partial charge on any atom is -0.302 e. The number of benzene rings is 3. The van der Waals surface area contributed by atoms with Gasteiger partial charge < -0.3 is 5.32 Å². The van der Waals surface area contributed by atoms with Crippen molar-refractivity contribution in [1.29, 1.82) is 0 Å². The summed E-state index contributed by atoms with van der Waals surface area (Å²) < 4.78 is 27.5. The molecule has 7 nitrogen and oxygen atoms in total. The van der Waals surface area contributed by atoms with Crippen molar-refractivity contribution >= 4 is 38.2 Å². The summed E-state index contributed by atoms with van der Waals surface area (Å²) in [6.45, 7) is 0.460. The van der Waals surface area contributed by atoms with Crippen molar-refractivity contribution in [2.45, 2.75) is 17.7 Å². The number of carbonyl (C=O) groups is 2. The van der Waals surface area contributed by atoms with Crippen LogP contribution in [0.15, 0.2) is 95.9 Å². The lowest BCUT2D eigenvalue weighted by Gasteiger charge is -2.31. The quantitative estimate of drug-likeness (QED) is 0.336. The Morgan fingerprint density at radius 2 is 1.51 bits per heavy atom. The van der Waals surface area contributed by atoms with Gasteiger partial charge in [-0.2, -0.15) is 4.31 Å². The summed E-state index contributed by atoms with van der Waals surface area (Å²) >= 11 is 1.13. The molecule has 188 valence electrons. The van der Waals surface area contributed by atoms with Gasteiger partial charge in [0.05, 0.1) is 16.5 Å². The third kappa shape index (κ3) is 5.39. The van der Waals surface area contributed by atoms with Crippen LogP contribution in [0.2, 0.25) is 0 Å². The molecule has 0 saturated carbocycles. The molecule has 1 N–H and O–H groups in total. The minimum absolute atomic E-state index is 0.0930. The molecule has 3 aromatic carbocycles. The van der Waals surface area contributed by atoms with Crippen LogP contribution in [0.3, 0.4) is 0 Å². The average Bonchev–Trinajstić information content (AvgIpc) is 3.38. The number of hydrogen-bond acceptors (Lipinski definition) is 6. The fourth-order valence-electron chi connectivity index (χ4n) is 4.36. The average molecular weight is 532 g/mol. The van der Waals surface area contributed by atoms with Crippen molar-refractivity contribution in [3.63, 3.8) is 0 Å². The normalized spacial score (nSPS) is 16.3. The lowest BCUT2D eigenvalue weighted by Crippen LogP contribution is -2.43. The Bertz CT molecular complexity index is 1510. The Labute approximate surface area is 219 Å². The Hall–Kier alpha value is -3.66. The van der Waals surface area contributed by atoms with E-state index in [1.54, 1.807) is 54.6 Å². The smallest absolute Gasteiger partial charge is 0.243 e. The molecule has 1 aliphatic rings. The van der Waals surface area contributed by atoms with E-state index in [9.17, 15) is 18.0 Å². The molecule has 5 rings (SSSR count). The van der Waals surface area contributed by atoms with E-state index in [2.05, 4.69) is 10.3 Å². The monoisotopic (exact) mass is 531 g/mol. The number of ketones is 1. The highest BCUT2D eigenvalue weighted by atomic mass is 32.2. The standard InChI is InChI=1S/C28H25N3O4S2/c32-25(21-13-6-2-7-14-21)26-24(20-11-4-1-5-12-20)29-28(36-26)30-27(33)22-15-10-18-31(19-22)37(34,35)23-16-8-3-9-17-23/h1-9,11-14,16-17,22H,10,15,18-19H2,(H,29,30,33). The van der Waals surface area contributed by atoms with Crippen molar-refractivity contribution in [3.8, 4) is 11.3 Å². The summed E-state index contributed by atoms with van der Waals surface area (Å²) in [6.07, 6.45) is 1.15. The number of hydrogen-bond donors (Lipinski definition) is 1. The Morgan fingerprint density at radius 1 is 0.892 bits per heavy atom. The number of nitrogens with one attached hydrogen (secondary N) is 1. The van der Waals surface area contributed by atoms with Gasteiger partial charge in [-0.3, -0.25) is 9.59 Å². The molecule has 1 atom stereocenters. The van der Waals surface area contributed by atoms with E-state index in [0.717, 1.165) is 16.9 Å². The number of carbonyl (C=O) groups excluding carboxylic acids is 2. The first-order chi connectivity index (χ1) is 17.9. The molecule has 0 radical (unpaired) electrons. The number of sulfonamides is 1. The van der Waals surface area contributed by atoms with Gasteiger partial charge in [-0.25, -0.2) is 13.4 Å². The Kier molecular flexibility index (Phi) is 7.27. The molecule has 2 heterocycles. The summed E-state index contributed by atoms with van der Waals surface area (Å²) in [5, 5.41) is 3.17. The molecule has 1 aromatic heterocycles. The number of aromatic nitrogens is 1. The highest BCUT2D eigenvalue weighted by molar-refractivity contribution is 7.89. The predicted molar refractivity (Wildman–Crippen MR) is 144 cm³/mol. The van der Waals surface area contributed by atoms with Gasteiger partial charge in [0.15, 0.2) is 5.13 Å². The molecule has 37 heavy (non-hydrogen) atoms. The van der Waals surface area contributed by atoms with Crippen molar-refractivity contribution in [3.05, 3.63) is 101 Å². The number of thiazole rings is 1. The fourth-order valence-corrected chi connectivity index (χ4v) is 6.86. The highest BCUT2D eigenvalue weighted by Gasteiger charge is 2.34. The van der Waals surface area contributed by atoms with Crippen molar-refractivity contribution in [2.75, 3.05) is 18.4 Å². The topological polar surface area (TPSA) is 96.4 Å². The first kappa shape index (κ1) is 25.0. The zero-order chi connectivity index (χ0) is 25.8. The number of nitrogens with zero attached hydrogens (tertiary/aromatic N) is 2. The van der Waals surface area contributed by atoms with Crippen LogP contribution in [0, 0.1) is 5.92 Å². The fraction of sp³-hybridized carbons (Fsp3) is 0.179. The van der Waals surface area contributed by atoms with Crippen LogP contribution < -0.4 is 5.32 Å². The van der Waals surface area contributed by atoms with E-state index in [4.69, 9.17) is 0 Å². The van der Waals surface area contributed by atoms with Gasteiger partial charge in [-0.15, -0.1) is 0 Å². The number of rotatable bonds is 7. The van der Waals surface area contributed by atoms with Crippen molar-refractivity contribution < 1.29 is 18.0 Å². The Balaban J connectivity index is 1.38. The van der Waals surface area contributed by atoms with Crippen LogP contribution in [0.25, 0.3) is 11.3 Å². The van der Waals surface area contributed by atoms with Gasteiger partial charge in [0, 0.05) is 24.2 Å². The van der Waals surface area contributed by atoms with Gasteiger partial charge in [0.25, 0.3) is 0 Å².